The number of ether oxygens (including phenoxy) is 2. The van der Waals surface area contributed by atoms with Crippen LogP contribution in [0.15, 0.2) is 65.2 Å². The number of alkyl carbamates (subject to hydrolysis) is 1. The molecule has 3 fully saturated rings. The van der Waals surface area contributed by atoms with Gasteiger partial charge in [-0.15, -0.1) is 0 Å². The fourth-order valence-corrected chi connectivity index (χ4v) is 9.42. The standard InChI is InChI=1S/C41H50BrN7O8S/c1-40(2,3)57-39(53)43-32-14-9-7-5-6-8-12-27-23-41(27,38(52)47-58(54,55)31-19-20-31)44-36(50)33-22-29(24-48(33)37(32)51)49-45-34(25-15-17-30(56-4)18-16-25)35(46-49)26-11-10-13-28(42)21-26/h8,10-13,15-18,21,27,29,31-33H,5-7,9,14,19-20,22-24H2,1-4H3,(H,43,53)(H,44,50)(H,47,52)/b12-8+/t27-,29-,32-,33+,41-/m1/s1. The van der Waals surface area contributed by atoms with Gasteiger partial charge >= 0.3 is 6.09 Å². The number of amides is 4. The number of halogens is 1. The third-order valence-corrected chi connectivity index (χ3v) is 13.3. The minimum absolute atomic E-state index is 0.0106. The lowest BCUT2D eigenvalue weighted by atomic mass is 10.0. The van der Waals surface area contributed by atoms with E-state index in [0.717, 1.165) is 28.4 Å². The Labute approximate surface area is 346 Å². The van der Waals surface area contributed by atoms with E-state index in [-0.39, 0.29) is 19.4 Å². The van der Waals surface area contributed by atoms with Crippen LogP contribution in [0.25, 0.3) is 22.5 Å². The number of hydrogen-bond acceptors (Lipinski definition) is 10. The molecule has 7 rings (SSSR count). The van der Waals surface area contributed by atoms with Gasteiger partial charge in [-0.3, -0.25) is 19.1 Å². The van der Waals surface area contributed by atoms with Crippen molar-refractivity contribution in [3.8, 4) is 28.3 Å². The molecule has 2 saturated carbocycles. The number of carbonyl (C=O) groups excluding carboxylic acids is 4. The summed E-state index contributed by atoms with van der Waals surface area (Å²) in [6.45, 7) is 5.21. The Morgan fingerprint density at radius 2 is 1.71 bits per heavy atom. The number of nitrogens with zero attached hydrogens (tertiary/aromatic N) is 4. The van der Waals surface area contributed by atoms with Gasteiger partial charge in [0.15, 0.2) is 0 Å². The molecule has 310 valence electrons. The highest BCUT2D eigenvalue weighted by Crippen LogP contribution is 2.46. The van der Waals surface area contributed by atoms with Gasteiger partial charge in [0, 0.05) is 34.5 Å². The van der Waals surface area contributed by atoms with Crippen molar-refractivity contribution in [3.05, 3.63) is 65.2 Å². The van der Waals surface area contributed by atoms with Crippen LogP contribution in [-0.4, -0.2) is 94.3 Å². The lowest BCUT2D eigenvalue weighted by Gasteiger charge is -2.30. The Morgan fingerprint density at radius 1 is 0.983 bits per heavy atom. The molecule has 2 aromatic carbocycles. The second kappa shape index (κ2) is 16.5. The van der Waals surface area contributed by atoms with Crippen LogP contribution in [-0.2, 0) is 29.1 Å². The monoisotopic (exact) mass is 879 g/mol. The number of fused-ring (bicyclic) bond motifs is 2. The fourth-order valence-electron chi connectivity index (χ4n) is 7.65. The largest absolute Gasteiger partial charge is 0.497 e. The van der Waals surface area contributed by atoms with Crippen LogP contribution in [0.4, 0.5) is 4.79 Å². The number of rotatable bonds is 8. The van der Waals surface area contributed by atoms with Crippen molar-refractivity contribution < 1.29 is 37.1 Å². The number of nitrogens with one attached hydrogen (secondary N) is 3. The smallest absolute Gasteiger partial charge is 0.408 e. The number of carbonyl (C=O) groups is 4. The third kappa shape index (κ3) is 9.25. The Hall–Kier alpha value is -4.77. The zero-order valence-corrected chi connectivity index (χ0v) is 35.5. The summed E-state index contributed by atoms with van der Waals surface area (Å²) in [4.78, 5) is 59.2. The van der Waals surface area contributed by atoms with Gasteiger partial charge in [-0.25, -0.2) is 13.2 Å². The van der Waals surface area contributed by atoms with Gasteiger partial charge in [-0.1, -0.05) is 53.1 Å². The van der Waals surface area contributed by atoms with E-state index in [0.29, 0.717) is 49.2 Å². The fraction of sp³-hybridized carbons (Fsp3) is 0.512. The zero-order valence-electron chi connectivity index (χ0n) is 33.1. The molecule has 3 aromatic rings. The van der Waals surface area contributed by atoms with Gasteiger partial charge in [0.2, 0.25) is 21.8 Å². The Bertz CT molecular complexity index is 2200. The number of aromatic nitrogens is 3. The Kier molecular flexibility index (Phi) is 11.8. The van der Waals surface area contributed by atoms with Crippen LogP contribution in [0.1, 0.15) is 84.6 Å². The van der Waals surface area contributed by atoms with E-state index < -0.39 is 74.3 Å². The van der Waals surface area contributed by atoms with Crippen LogP contribution < -0.4 is 20.1 Å². The predicted octanol–water partition coefficient (Wildman–Crippen LogP) is 5.42. The quantitative estimate of drug-likeness (QED) is 0.246. The van der Waals surface area contributed by atoms with Crippen molar-refractivity contribution in [2.45, 2.75) is 113 Å². The molecule has 15 nitrogen and oxygen atoms in total. The SMILES string of the molecule is COc1ccc(-c2nn([C@@H]3C[C@H]4C(=O)N[C@]5(C(=O)NS(=O)(=O)C6CC6)C[C@H]5/C=C/CCCCC[C@@H](NC(=O)OC(C)(C)C)C(=O)N4C3)nc2-c2cccc(Br)c2)cc1. The van der Waals surface area contributed by atoms with Gasteiger partial charge in [0.1, 0.15) is 40.4 Å². The molecule has 1 saturated heterocycles. The van der Waals surface area contributed by atoms with E-state index in [1.807, 2.05) is 60.7 Å². The van der Waals surface area contributed by atoms with Crippen molar-refractivity contribution in [1.29, 1.82) is 0 Å². The molecule has 3 heterocycles. The molecule has 2 aliphatic carbocycles. The summed E-state index contributed by atoms with van der Waals surface area (Å²) in [6, 6.07) is 12.3. The molecule has 0 unspecified atom stereocenters. The molecule has 3 N–H and O–H groups in total. The zero-order chi connectivity index (χ0) is 41.4. The lowest BCUT2D eigenvalue weighted by molar-refractivity contribution is -0.141. The van der Waals surface area contributed by atoms with Crippen molar-refractivity contribution in [2.24, 2.45) is 5.92 Å². The second-order valence-electron chi connectivity index (χ2n) is 16.6. The molecular weight excluding hydrogens is 830 g/mol. The average molecular weight is 881 g/mol. The summed E-state index contributed by atoms with van der Waals surface area (Å²) in [6.07, 6.45) is 7.43. The molecule has 4 aliphatic rings. The maximum absolute atomic E-state index is 14.7. The van der Waals surface area contributed by atoms with Crippen LogP contribution in [0, 0.1) is 5.92 Å². The molecule has 5 atom stereocenters. The van der Waals surface area contributed by atoms with Crippen molar-refractivity contribution in [3.63, 3.8) is 0 Å². The van der Waals surface area contributed by atoms with Gasteiger partial charge in [-0.05, 0) is 95.7 Å². The summed E-state index contributed by atoms with van der Waals surface area (Å²) in [5.74, 6) is -1.67. The summed E-state index contributed by atoms with van der Waals surface area (Å²) in [5, 5.41) is 15.0. The van der Waals surface area contributed by atoms with Crippen molar-refractivity contribution >= 4 is 49.8 Å². The van der Waals surface area contributed by atoms with Crippen LogP contribution >= 0.6 is 15.9 Å². The number of allylic oxidation sites excluding steroid dienone is 1. The summed E-state index contributed by atoms with van der Waals surface area (Å²) in [5.41, 5.74) is 0.379. The number of benzene rings is 2. The van der Waals surface area contributed by atoms with E-state index >= 15 is 0 Å². The first kappa shape index (κ1) is 41.4. The first-order valence-corrected chi connectivity index (χ1v) is 22.1. The summed E-state index contributed by atoms with van der Waals surface area (Å²) in [7, 11) is -2.32. The first-order valence-electron chi connectivity index (χ1n) is 19.8. The molecule has 58 heavy (non-hydrogen) atoms. The Morgan fingerprint density at radius 3 is 2.38 bits per heavy atom. The number of methoxy groups -OCH3 is 1. The van der Waals surface area contributed by atoms with Gasteiger partial charge in [-0.2, -0.15) is 15.0 Å². The van der Waals surface area contributed by atoms with Crippen molar-refractivity contribution in [1.82, 2.24) is 35.2 Å². The summed E-state index contributed by atoms with van der Waals surface area (Å²) < 4.78 is 39.9. The molecular formula is C41H50BrN7O8S. The van der Waals surface area contributed by atoms with Crippen LogP contribution in [0.2, 0.25) is 0 Å². The first-order chi connectivity index (χ1) is 27.6. The van der Waals surface area contributed by atoms with E-state index in [4.69, 9.17) is 19.7 Å². The molecule has 4 amide bonds. The third-order valence-electron chi connectivity index (χ3n) is 11.0. The van der Waals surface area contributed by atoms with E-state index in [2.05, 4.69) is 31.3 Å². The van der Waals surface area contributed by atoms with Crippen LogP contribution in [0.3, 0.4) is 0 Å². The minimum Gasteiger partial charge on any atom is -0.497 e. The molecule has 0 radical (unpaired) electrons. The Balaban J connectivity index is 1.25. The average Bonchev–Trinajstić information content (AvgIpc) is 4.05. The normalized spacial score (nSPS) is 25.9. The molecule has 0 spiro atoms. The van der Waals surface area contributed by atoms with E-state index in [9.17, 15) is 27.6 Å². The lowest BCUT2D eigenvalue weighted by Crippen LogP contribution is -2.58. The topological polar surface area (TPSA) is 191 Å². The highest BCUT2D eigenvalue weighted by atomic mass is 79.9. The highest BCUT2D eigenvalue weighted by Gasteiger charge is 2.62. The van der Waals surface area contributed by atoms with E-state index in [1.165, 1.54) is 9.70 Å². The van der Waals surface area contributed by atoms with Gasteiger partial charge < -0.3 is 25.0 Å². The molecule has 17 heteroatoms. The van der Waals surface area contributed by atoms with Gasteiger partial charge in [0.05, 0.1) is 18.4 Å². The predicted molar refractivity (Wildman–Crippen MR) is 219 cm³/mol. The van der Waals surface area contributed by atoms with Gasteiger partial charge in [0.25, 0.3) is 5.91 Å². The molecule has 1 aromatic heterocycles. The van der Waals surface area contributed by atoms with E-state index in [1.54, 1.807) is 27.9 Å². The molecule has 2 aliphatic heterocycles. The highest BCUT2D eigenvalue weighted by molar-refractivity contribution is 9.10. The maximum Gasteiger partial charge on any atom is 0.408 e. The number of sulfonamides is 1. The van der Waals surface area contributed by atoms with Crippen LogP contribution in [0.5, 0.6) is 5.75 Å². The number of hydrogen-bond donors (Lipinski definition) is 3. The maximum atomic E-state index is 14.7. The molecule has 0 bridgehead atoms. The summed E-state index contributed by atoms with van der Waals surface area (Å²) >= 11 is 3.56. The second-order valence-corrected chi connectivity index (χ2v) is 19.4. The van der Waals surface area contributed by atoms with Crippen molar-refractivity contribution in [2.75, 3.05) is 13.7 Å². The minimum atomic E-state index is -3.91.